The van der Waals surface area contributed by atoms with Gasteiger partial charge in [0.05, 0.1) is 10.4 Å². The van der Waals surface area contributed by atoms with Crippen molar-refractivity contribution in [2.45, 2.75) is 6.42 Å². The van der Waals surface area contributed by atoms with Crippen LogP contribution in [0.15, 0.2) is 54.7 Å². The Kier molecular flexibility index (Phi) is 5.50. The lowest BCUT2D eigenvalue weighted by atomic mass is 10.0. The van der Waals surface area contributed by atoms with Gasteiger partial charge in [-0.1, -0.05) is 36.4 Å². The van der Waals surface area contributed by atoms with E-state index in [9.17, 15) is 10.1 Å². The first-order chi connectivity index (χ1) is 12.2. The van der Waals surface area contributed by atoms with Crippen molar-refractivity contribution < 1.29 is 4.92 Å². The number of aromatic nitrogens is 1. The maximum atomic E-state index is 11.4. The first-order valence-electron chi connectivity index (χ1n) is 8.06. The van der Waals surface area contributed by atoms with Crippen molar-refractivity contribution in [2.24, 2.45) is 0 Å². The van der Waals surface area contributed by atoms with Gasteiger partial charge in [0.2, 0.25) is 0 Å². The van der Waals surface area contributed by atoms with Crippen molar-refractivity contribution >= 4 is 34.0 Å². The van der Waals surface area contributed by atoms with Crippen molar-refractivity contribution in [2.75, 3.05) is 23.9 Å². The van der Waals surface area contributed by atoms with E-state index in [0.717, 1.165) is 34.2 Å². The molecule has 0 aliphatic heterocycles. The summed E-state index contributed by atoms with van der Waals surface area (Å²) in [5.41, 5.74) is 3.46. The molecule has 0 saturated heterocycles. The van der Waals surface area contributed by atoms with E-state index in [4.69, 9.17) is 0 Å². The number of fused-ring (bicyclic) bond motifs is 1. The second-order valence-electron chi connectivity index (χ2n) is 5.65. The number of anilines is 1. The molecule has 0 aliphatic carbocycles. The molecule has 25 heavy (non-hydrogen) atoms. The van der Waals surface area contributed by atoms with E-state index in [1.807, 2.05) is 48.5 Å². The maximum absolute atomic E-state index is 11.4. The first kappa shape index (κ1) is 17.2. The molecule has 1 aromatic heterocycles. The number of nitro groups is 1. The summed E-state index contributed by atoms with van der Waals surface area (Å²) in [5, 5.41) is 15.4. The number of pyridine rings is 1. The van der Waals surface area contributed by atoms with Gasteiger partial charge >= 0.3 is 5.69 Å². The summed E-state index contributed by atoms with van der Waals surface area (Å²) in [7, 11) is 0. The zero-order valence-electron chi connectivity index (χ0n) is 13.9. The summed E-state index contributed by atoms with van der Waals surface area (Å²) in [6, 6.07) is 15.9. The molecule has 0 saturated carbocycles. The zero-order chi connectivity index (χ0) is 17.6. The molecule has 3 aromatic rings. The number of hydrogen-bond acceptors (Lipinski definition) is 5. The number of hydrogen-bond donors (Lipinski definition) is 1. The number of nitrogens with zero attached hydrogens (tertiary/aromatic N) is 2. The molecule has 1 heterocycles. The smallest absolute Gasteiger partial charge is 0.311 e. The summed E-state index contributed by atoms with van der Waals surface area (Å²) in [6.45, 7) is 0.696. The van der Waals surface area contributed by atoms with Crippen LogP contribution in [-0.2, 0) is 0 Å². The quantitative estimate of drug-likeness (QED) is 0.369. The van der Waals surface area contributed by atoms with Crippen LogP contribution in [0.25, 0.3) is 22.0 Å². The van der Waals surface area contributed by atoms with Crippen LogP contribution in [0.5, 0.6) is 0 Å². The zero-order valence-corrected chi connectivity index (χ0v) is 14.8. The maximum Gasteiger partial charge on any atom is 0.311 e. The molecule has 6 heteroatoms. The predicted molar refractivity (Wildman–Crippen MR) is 105 cm³/mol. The molecule has 0 amide bonds. The van der Waals surface area contributed by atoms with Crippen LogP contribution in [0.3, 0.4) is 0 Å². The molecular formula is C19H19N3O2S. The highest BCUT2D eigenvalue weighted by Crippen LogP contribution is 2.33. The van der Waals surface area contributed by atoms with Crippen molar-refractivity contribution in [3.05, 3.63) is 64.8 Å². The van der Waals surface area contributed by atoms with Crippen molar-refractivity contribution in [3.8, 4) is 11.1 Å². The lowest BCUT2D eigenvalue weighted by Crippen LogP contribution is -2.06. The fourth-order valence-corrected chi connectivity index (χ4v) is 3.18. The Hall–Kier alpha value is -2.60. The van der Waals surface area contributed by atoms with Crippen LogP contribution >= 0.6 is 11.8 Å². The van der Waals surface area contributed by atoms with Crippen LogP contribution in [0.2, 0.25) is 0 Å². The Morgan fingerprint density at radius 3 is 2.68 bits per heavy atom. The fourth-order valence-electron chi connectivity index (χ4n) is 2.75. The van der Waals surface area contributed by atoms with Gasteiger partial charge in [0.15, 0.2) is 0 Å². The molecule has 0 unspecified atom stereocenters. The minimum Gasteiger partial charge on any atom is -0.379 e. The van der Waals surface area contributed by atoms with E-state index in [2.05, 4.69) is 16.6 Å². The van der Waals surface area contributed by atoms with Gasteiger partial charge in [-0.3, -0.25) is 10.1 Å². The molecule has 2 aromatic carbocycles. The summed E-state index contributed by atoms with van der Waals surface area (Å²) in [5.74, 6) is 1.02. The van der Waals surface area contributed by atoms with Crippen LogP contribution in [-0.4, -0.2) is 28.5 Å². The van der Waals surface area contributed by atoms with E-state index < -0.39 is 0 Å². The second kappa shape index (κ2) is 7.98. The normalized spacial score (nSPS) is 10.8. The Morgan fingerprint density at radius 2 is 1.96 bits per heavy atom. The summed E-state index contributed by atoms with van der Waals surface area (Å²) < 4.78 is 0. The Labute approximate surface area is 150 Å². The number of rotatable bonds is 7. The minimum absolute atomic E-state index is 0.0177. The largest absolute Gasteiger partial charge is 0.379 e. The molecule has 0 radical (unpaired) electrons. The van der Waals surface area contributed by atoms with E-state index in [1.54, 1.807) is 11.8 Å². The summed E-state index contributed by atoms with van der Waals surface area (Å²) in [4.78, 5) is 15.3. The number of thioether (sulfide) groups is 1. The third-order valence-corrected chi connectivity index (χ3v) is 4.68. The average Bonchev–Trinajstić information content (AvgIpc) is 2.65. The van der Waals surface area contributed by atoms with E-state index >= 15 is 0 Å². The topological polar surface area (TPSA) is 68.1 Å². The summed E-state index contributed by atoms with van der Waals surface area (Å²) in [6.07, 6.45) is 4.34. The molecule has 128 valence electrons. The van der Waals surface area contributed by atoms with Crippen LogP contribution in [0.4, 0.5) is 11.4 Å². The Bertz CT molecular complexity index is 884. The first-order valence-corrected chi connectivity index (χ1v) is 9.45. The summed E-state index contributed by atoms with van der Waals surface area (Å²) >= 11 is 1.76. The molecular weight excluding hydrogens is 334 g/mol. The van der Waals surface area contributed by atoms with Crippen molar-refractivity contribution in [1.29, 1.82) is 0 Å². The molecule has 3 rings (SSSR count). The number of benzene rings is 2. The van der Waals surface area contributed by atoms with Gasteiger partial charge in [0.1, 0.15) is 11.9 Å². The highest BCUT2D eigenvalue weighted by atomic mass is 32.2. The minimum atomic E-state index is -0.381. The molecule has 0 atom stereocenters. The van der Waals surface area contributed by atoms with Gasteiger partial charge in [-0.2, -0.15) is 11.8 Å². The average molecular weight is 353 g/mol. The standard InChI is InChI=1S/C19H19N3O2S/c1-25-11-5-10-20-19-16-9-8-15(14-6-3-2-4-7-14)12-17(16)21-13-18(19)22(23)24/h2-4,6-9,12-13H,5,10-11H2,1H3,(H,20,21). The lowest BCUT2D eigenvalue weighted by molar-refractivity contribution is -0.384. The molecule has 0 bridgehead atoms. The monoisotopic (exact) mass is 353 g/mol. The van der Waals surface area contributed by atoms with Gasteiger partial charge in [0, 0.05) is 11.9 Å². The highest BCUT2D eigenvalue weighted by Gasteiger charge is 2.18. The third kappa shape index (κ3) is 3.91. The van der Waals surface area contributed by atoms with Gasteiger partial charge in [-0.15, -0.1) is 0 Å². The van der Waals surface area contributed by atoms with Crippen LogP contribution in [0, 0.1) is 10.1 Å². The molecule has 0 aliphatic rings. The molecule has 0 spiro atoms. The van der Waals surface area contributed by atoms with E-state index in [0.29, 0.717) is 12.2 Å². The van der Waals surface area contributed by atoms with Gasteiger partial charge in [0.25, 0.3) is 0 Å². The van der Waals surface area contributed by atoms with Gasteiger partial charge < -0.3 is 5.32 Å². The van der Waals surface area contributed by atoms with Crippen molar-refractivity contribution in [1.82, 2.24) is 4.98 Å². The predicted octanol–water partition coefficient (Wildman–Crippen LogP) is 4.98. The van der Waals surface area contributed by atoms with Gasteiger partial charge in [-0.05, 0) is 41.7 Å². The second-order valence-corrected chi connectivity index (χ2v) is 6.63. The molecule has 5 nitrogen and oxygen atoms in total. The van der Waals surface area contributed by atoms with Gasteiger partial charge in [-0.25, -0.2) is 4.98 Å². The third-order valence-electron chi connectivity index (χ3n) is 3.98. The lowest BCUT2D eigenvalue weighted by Gasteiger charge is -2.11. The van der Waals surface area contributed by atoms with E-state index in [1.165, 1.54) is 6.20 Å². The Balaban J connectivity index is 2.01. The highest BCUT2D eigenvalue weighted by molar-refractivity contribution is 7.98. The number of nitrogens with one attached hydrogen (secondary N) is 1. The van der Waals surface area contributed by atoms with E-state index in [-0.39, 0.29) is 10.6 Å². The van der Waals surface area contributed by atoms with Crippen LogP contribution < -0.4 is 5.32 Å². The molecule has 1 N–H and O–H groups in total. The van der Waals surface area contributed by atoms with Crippen LogP contribution in [0.1, 0.15) is 6.42 Å². The molecule has 0 fully saturated rings. The SMILES string of the molecule is CSCCCNc1c([N+](=O)[O-])cnc2cc(-c3ccccc3)ccc12. The Morgan fingerprint density at radius 1 is 1.16 bits per heavy atom. The van der Waals surface area contributed by atoms with Crippen molar-refractivity contribution in [3.63, 3.8) is 0 Å². The fraction of sp³-hybridized carbons (Fsp3) is 0.211.